The number of hydrogen-bond acceptors (Lipinski definition) is 3. The van der Waals surface area contributed by atoms with Crippen LogP contribution in [0.2, 0.25) is 5.15 Å². The highest BCUT2D eigenvalue weighted by Crippen LogP contribution is 2.21. The van der Waals surface area contributed by atoms with E-state index in [0.717, 1.165) is 5.56 Å². The van der Waals surface area contributed by atoms with E-state index in [9.17, 15) is 9.18 Å². The van der Waals surface area contributed by atoms with Crippen molar-refractivity contribution in [2.45, 2.75) is 19.6 Å². The topological polar surface area (TPSA) is 51.2 Å². The minimum absolute atomic E-state index is 0.152. The molecule has 0 saturated carbocycles. The van der Waals surface area contributed by atoms with Crippen LogP contribution in [0.5, 0.6) is 0 Å². The fraction of sp³-hybridized carbons (Fsp3) is 0.200. The van der Waals surface area contributed by atoms with Crippen molar-refractivity contribution < 1.29 is 13.9 Å². The summed E-state index contributed by atoms with van der Waals surface area (Å²) in [6.07, 6.45) is 0.757. The summed E-state index contributed by atoms with van der Waals surface area (Å²) in [6.45, 7) is 1.79. The number of nitrogens with one attached hydrogen (secondary N) is 1. The molecule has 0 aliphatic heterocycles. The number of halogens is 2. The van der Waals surface area contributed by atoms with Gasteiger partial charge in [0.05, 0.1) is 6.04 Å². The summed E-state index contributed by atoms with van der Waals surface area (Å²) in [5.41, 5.74) is 1.13. The van der Waals surface area contributed by atoms with Gasteiger partial charge in [0.25, 0.3) is 0 Å². The fourth-order valence-corrected chi connectivity index (χ4v) is 1.95. The number of rotatable bonds is 4. The molecule has 1 aromatic carbocycles. The van der Waals surface area contributed by atoms with Crippen molar-refractivity contribution in [2.75, 3.05) is 0 Å². The molecule has 21 heavy (non-hydrogen) atoms. The molecule has 4 nitrogen and oxygen atoms in total. The number of ether oxygens (including phenoxy) is 1. The molecule has 2 rings (SSSR count). The summed E-state index contributed by atoms with van der Waals surface area (Å²) >= 11 is 5.61. The minimum Gasteiger partial charge on any atom is -0.445 e. The largest absolute Gasteiger partial charge is 0.445 e. The molecule has 1 aromatic heterocycles. The van der Waals surface area contributed by atoms with Gasteiger partial charge < -0.3 is 10.1 Å². The highest BCUT2D eigenvalue weighted by molar-refractivity contribution is 6.29. The quantitative estimate of drug-likeness (QED) is 0.873. The molecule has 1 N–H and O–H groups in total. The number of carbonyl (C=O) groups is 1. The van der Waals surface area contributed by atoms with Crippen molar-refractivity contribution in [3.8, 4) is 0 Å². The molecule has 2 aromatic rings. The highest BCUT2D eigenvalue weighted by atomic mass is 35.5. The van der Waals surface area contributed by atoms with Crippen molar-refractivity contribution in [3.05, 3.63) is 64.7 Å². The van der Waals surface area contributed by atoms with Gasteiger partial charge >= 0.3 is 6.09 Å². The zero-order chi connectivity index (χ0) is 15.2. The van der Waals surface area contributed by atoms with Gasteiger partial charge in [-0.15, -0.1) is 0 Å². The van der Waals surface area contributed by atoms with Crippen LogP contribution in [0.25, 0.3) is 0 Å². The molecule has 0 saturated heterocycles. The number of nitrogens with zero attached hydrogens (tertiary/aromatic N) is 1. The number of amides is 1. The first-order valence-corrected chi connectivity index (χ1v) is 6.73. The van der Waals surface area contributed by atoms with E-state index < -0.39 is 18.0 Å². The Morgan fingerprint density at radius 2 is 2.10 bits per heavy atom. The SMILES string of the molecule is CC(NC(=O)OCc1ccccc1)c1ccnc(Cl)c1F. The van der Waals surface area contributed by atoms with E-state index in [1.807, 2.05) is 30.3 Å². The number of benzene rings is 1. The van der Waals surface area contributed by atoms with Gasteiger partial charge in [0, 0.05) is 11.8 Å². The molecule has 0 fully saturated rings. The summed E-state index contributed by atoms with van der Waals surface area (Å²) in [6, 6.07) is 10.2. The zero-order valence-electron chi connectivity index (χ0n) is 11.3. The van der Waals surface area contributed by atoms with Gasteiger partial charge in [0.1, 0.15) is 6.61 Å². The lowest BCUT2D eigenvalue weighted by Gasteiger charge is -2.15. The molecule has 1 unspecified atom stereocenters. The number of hydrogen-bond donors (Lipinski definition) is 1. The Morgan fingerprint density at radius 3 is 2.81 bits per heavy atom. The second-order valence-corrected chi connectivity index (χ2v) is 4.79. The average Bonchev–Trinajstić information content (AvgIpc) is 2.49. The van der Waals surface area contributed by atoms with Crippen LogP contribution in [0.1, 0.15) is 24.1 Å². The van der Waals surface area contributed by atoms with Crippen molar-refractivity contribution in [1.29, 1.82) is 0 Å². The van der Waals surface area contributed by atoms with E-state index in [0.29, 0.717) is 0 Å². The number of aromatic nitrogens is 1. The van der Waals surface area contributed by atoms with Crippen LogP contribution in [0.4, 0.5) is 9.18 Å². The first-order chi connectivity index (χ1) is 10.1. The van der Waals surface area contributed by atoms with E-state index in [4.69, 9.17) is 16.3 Å². The maximum atomic E-state index is 13.8. The van der Waals surface area contributed by atoms with Gasteiger partial charge in [0.2, 0.25) is 0 Å². The monoisotopic (exact) mass is 308 g/mol. The Balaban J connectivity index is 1.92. The van der Waals surface area contributed by atoms with Gasteiger partial charge in [-0.25, -0.2) is 14.2 Å². The van der Waals surface area contributed by atoms with Crippen LogP contribution in [0, 0.1) is 5.82 Å². The maximum absolute atomic E-state index is 13.8. The molecule has 110 valence electrons. The van der Waals surface area contributed by atoms with Crippen LogP contribution in [0.3, 0.4) is 0 Å². The van der Waals surface area contributed by atoms with Gasteiger partial charge in [-0.1, -0.05) is 41.9 Å². The Hall–Kier alpha value is -2.14. The van der Waals surface area contributed by atoms with Gasteiger partial charge in [-0.2, -0.15) is 0 Å². The lowest BCUT2D eigenvalue weighted by Crippen LogP contribution is -2.28. The third-order valence-electron chi connectivity index (χ3n) is 2.89. The summed E-state index contributed by atoms with van der Waals surface area (Å²) in [5, 5.41) is 2.32. The average molecular weight is 309 g/mol. The van der Waals surface area contributed by atoms with Crippen LogP contribution < -0.4 is 5.32 Å². The van der Waals surface area contributed by atoms with Crippen LogP contribution >= 0.6 is 11.6 Å². The van der Waals surface area contributed by atoms with Crippen molar-refractivity contribution in [1.82, 2.24) is 10.3 Å². The molecule has 0 spiro atoms. The molecule has 6 heteroatoms. The third kappa shape index (κ3) is 4.16. The van der Waals surface area contributed by atoms with Gasteiger partial charge in [-0.3, -0.25) is 0 Å². The van der Waals surface area contributed by atoms with E-state index in [1.165, 1.54) is 12.3 Å². The predicted octanol–water partition coefficient (Wildman–Crippen LogP) is 3.86. The first kappa shape index (κ1) is 15.3. The molecular formula is C15H14ClFN2O2. The van der Waals surface area contributed by atoms with Gasteiger partial charge in [0.15, 0.2) is 11.0 Å². The lowest BCUT2D eigenvalue weighted by atomic mass is 10.1. The number of alkyl carbamates (subject to hydrolysis) is 1. The molecule has 0 aliphatic carbocycles. The third-order valence-corrected chi connectivity index (χ3v) is 3.15. The second-order valence-electron chi connectivity index (χ2n) is 4.43. The number of pyridine rings is 1. The Kier molecular flexibility index (Phi) is 5.11. The summed E-state index contributed by atoms with van der Waals surface area (Å²) < 4.78 is 18.8. The Labute approximate surface area is 126 Å². The molecule has 0 bridgehead atoms. The summed E-state index contributed by atoms with van der Waals surface area (Å²) in [5.74, 6) is -0.643. The molecular weight excluding hydrogens is 295 g/mol. The highest BCUT2D eigenvalue weighted by Gasteiger charge is 2.16. The van der Waals surface area contributed by atoms with E-state index in [2.05, 4.69) is 10.3 Å². The fourth-order valence-electron chi connectivity index (χ4n) is 1.79. The van der Waals surface area contributed by atoms with Crippen molar-refractivity contribution >= 4 is 17.7 Å². The van der Waals surface area contributed by atoms with E-state index in [1.54, 1.807) is 6.92 Å². The predicted molar refractivity (Wildman–Crippen MR) is 77.4 cm³/mol. The van der Waals surface area contributed by atoms with Crippen LogP contribution in [-0.4, -0.2) is 11.1 Å². The van der Waals surface area contributed by atoms with Crippen LogP contribution in [-0.2, 0) is 11.3 Å². The summed E-state index contributed by atoms with van der Waals surface area (Å²) in [4.78, 5) is 15.3. The molecule has 1 amide bonds. The van der Waals surface area contributed by atoms with Gasteiger partial charge in [-0.05, 0) is 18.6 Å². The lowest BCUT2D eigenvalue weighted by molar-refractivity contribution is 0.136. The molecule has 1 heterocycles. The zero-order valence-corrected chi connectivity index (χ0v) is 12.1. The van der Waals surface area contributed by atoms with Crippen molar-refractivity contribution in [2.24, 2.45) is 0 Å². The maximum Gasteiger partial charge on any atom is 0.407 e. The Morgan fingerprint density at radius 1 is 1.38 bits per heavy atom. The normalized spacial score (nSPS) is 11.8. The van der Waals surface area contributed by atoms with Crippen LogP contribution in [0.15, 0.2) is 42.6 Å². The molecule has 0 aliphatic rings. The second kappa shape index (κ2) is 7.04. The molecule has 1 atom stereocenters. The first-order valence-electron chi connectivity index (χ1n) is 6.35. The van der Waals surface area contributed by atoms with E-state index in [-0.39, 0.29) is 17.3 Å². The van der Waals surface area contributed by atoms with E-state index >= 15 is 0 Å². The molecule has 0 radical (unpaired) electrons. The number of carbonyl (C=O) groups excluding carboxylic acids is 1. The Bertz CT molecular complexity index is 622. The standard InChI is InChI=1S/C15H14ClFN2O2/c1-10(12-7-8-18-14(16)13(12)17)19-15(20)21-9-11-5-3-2-4-6-11/h2-8,10H,9H2,1H3,(H,19,20). The summed E-state index contributed by atoms with van der Waals surface area (Å²) in [7, 11) is 0. The minimum atomic E-state index is -0.643. The van der Waals surface area contributed by atoms with Crippen molar-refractivity contribution in [3.63, 3.8) is 0 Å². The smallest absolute Gasteiger partial charge is 0.407 e.